The van der Waals surface area contributed by atoms with Crippen molar-refractivity contribution >= 4 is 16.5 Å². The Labute approximate surface area is 159 Å². The van der Waals surface area contributed by atoms with Crippen molar-refractivity contribution < 1.29 is 4.74 Å². The van der Waals surface area contributed by atoms with Crippen molar-refractivity contribution in [3.63, 3.8) is 0 Å². The van der Waals surface area contributed by atoms with Crippen LogP contribution < -0.4 is 15.0 Å². The highest BCUT2D eigenvalue weighted by Gasteiger charge is 2.26. The molecule has 3 aliphatic heterocycles. The Kier molecular flexibility index (Phi) is 4.35. The Hall–Kier alpha value is -1.63. The van der Waals surface area contributed by atoms with Crippen LogP contribution in [0, 0.1) is 0 Å². The summed E-state index contributed by atoms with van der Waals surface area (Å²) in [7, 11) is 0. The van der Waals surface area contributed by atoms with Crippen LogP contribution in [-0.2, 0) is 19.4 Å². The van der Waals surface area contributed by atoms with Crippen LogP contribution in [0.1, 0.15) is 34.7 Å². The molecule has 0 unspecified atom stereocenters. The predicted molar refractivity (Wildman–Crippen MR) is 105 cm³/mol. The zero-order chi connectivity index (χ0) is 17.5. The molecule has 1 aromatic heterocycles. The molecule has 3 aliphatic rings. The standard InChI is InChI=1S/C20H26N4OS/c1-14(16-3-2-15-5-11-25-18(15)12-16)23-7-9-24(10-8-23)20-22-17-4-6-21-13-19(17)26-20/h2-3,12,14,21H,4-11,13H2,1H3/t14-/m1/s1. The van der Waals surface area contributed by atoms with Crippen molar-refractivity contribution in [3.05, 3.63) is 39.9 Å². The molecule has 0 amide bonds. The molecule has 1 saturated heterocycles. The lowest BCUT2D eigenvalue weighted by molar-refractivity contribution is 0.198. The minimum absolute atomic E-state index is 0.431. The number of thiazole rings is 1. The van der Waals surface area contributed by atoms with Gasteiger partial charge in [0.1, 0.15) is 5.75 Å². The van der Waals surface area contributed by atoms with Gasteiger partial charge in [0.2, 0.25) is 0 Å². The van der Waals surface area contributed by atoms with Crippen molar-refractivity contribution in [1.82, 2.24) is 15.2 Å². The van der Waals surface area contributed by atoms with E-state index in [1.807, 2.05) is 11.3 Å². The molecule has 2 aromatic rings. The quantitative estimate of drug-likeness (QED) is 0.899. The third-order valence-corrected chi connectivity index (χ3v) is 7.08. The molecule has 1 N–H and O–H groups in total. The van der Waals surface area contributed by atoms with Crippen LogP contribution in [0.25, 0.3) is 0 Å². The number of nitrogens with zero attached hydrogens (tertiary/aromatic N) is 3. The second kappa shape index (κ2) is 6.83. The lowest BCUT2D eigenvalue weighted by Gasteiger charge is -2.38. The molecule has 1 aromatic carbocycles. The number of hydrogen-bond donors (Lipinski definition) is 1. The molecule has 4 heterocycles. The highest BCUT2D eigenvalue weighted by molar-refractivity contribution is 7.15. The number of anilines is 1. The van der Waals surface area contributed by atoms with Gasteiger partial charge in [-0.05, 0) is 24.1 Å². The summed E-state index contributed by atoms with van der Waals surface area (Å²) in [6.07, 6.45) is 2.12. The van der Waals surface area contributed by atoms with Crippen LogP contribution in [0.2, 0.25) is 0 Å². The van der Waals surface area contributed by atoms with Gasteiger partial charge in [0, 0.05) is 63.0 Å². The van der Waals surface area contributed by atoms with Crippen LogP contribution in [0.15, 0.2) is 18.2 Å². The van der Waals surface area contributed by atoms with Crippen LogP contribution in [0.3, 0.4) is 0 Å². The molecule has 1 atom stereocenters. The van der Waals surface area contributed by atoms with Gasteiger partial charge < -0.3 is 15.0 Å². The topological polar surface area (TPSA) is 40.6 Å². The Bertz CT molecular complexity index is 774. The van der Waals surface area contributed by atoms with Crippen LogP contribution in [0.4, 0.5) is 5.13 Å². The number of hydrogen-bond acceptors (Lipinski definition) is 6. The molecule has 0 saturated carbocycles. The largest absolute Gasteiger partial charge is 0.493 e. The summed E-state index contributed by atoms with van der Waals surface area (Å²) in [5.74, 6) is 1.09. The van der Waals surface area contributed by atoms with Gasteiger partial charge in [0.05, 0.1) is 12.3 Å². The molecule has 0 radical (unpaired) electrons. The average molecular weight is 371 g/mol. The van der Waals surface area contributed by atoms with E-state index in [2.05, 4.69) is 40.2 Å². The first-order valence-electron chi connectivity index (χ1n) is 9.72. The lowest BCUT2D eigenvalue weighted by atomic mass is 10.0. The van der Waals surface area contributed by atoms with Gasteiger partial charge in [-0.25, -0.2) is 4.98 Å². The van der Waals surface area contributed by atoms with E-state index in [9.17, 15) is 0 Å². The van der Waals surface area contributed by atoms with Crippen molar-refractivity contribution in [3.8, 4) is 5.75 Å². The van der Waals surface area contributed by atoms with E-state index >= 15 is 0 Å². The van der Waals surface area contributed by atoms with Gasteiger partial charge in [0.15, 0.2) is 5.13 Å². The zero-order valence-electron chi connectivity index (χ0n) is 15.3. The molecule has 26 heavy (non-hydrogen) atoms. The zero-order valence-corrected chi connectivity index (χ0v) is 16.1. The summed E-state index contributed by atoms with van der Waals surface area (Å²) in [6, 6.07) is 7.21. The summed E-state index contributed by atoms with van der Waals surface area (Å²) in [5.41, 5.74) is 4.04. The fourth-order valence-electron chi connectivity index (χ4n) is 4.20. The molecule has 138 valence electrons. The molecular formula is C20H26N4OS. The van der Waals surface area contributed by atoms with Gasteiger partial charge in [-0.3, -0.25) is 4.90 Å². The van der Waals surface area contributed by atoms with E-state index in [0.29, 0.717) is 6.04 Å². The maximum Gasteiger partial charge on any atom is 0.185 e. The number of nitrogens with one attached hydrogen (secondary N) is 1. The van der Waals surface area contributed by atoms with Gasteiger partial charge in [-0.2, -0.15) is 0 Å². The van der Waals surface area contributed by atoms with Crippen molar-refractivity contribution in [2.24, 2.45) is 0 Å². The fraction of sp³-hybridized carbons (Fsp3) is 0.550. The Morgan fingerprint density at radius 1 is 1.19 bits per heavy atom. The van der Waals surface area contributed by atoms with Gasteiger partial charge in [0.25, 0.3) is 0 Å². The second-order valence-corrected chi connectivity index (χ2v) is 8.52. The van der Waals surface area contributed by atoms with Gasteiger partial charge >= 0.3 is 0 Å². The maximum atomic E-state index is 5.75. The molecular weight excluding hydrogens is 344 g/mol. The minimum atomic E-state index is 0.431. The van der Waals surface area contributed by atoms with E-state index in [1.165, 1.54) is 26.8 Å². The highest BCUT2D eigenvalue weighted by atomic mass is 32.1. The number of ether oxygens (including phenoxy) is 1. The van der Waals surface area contributed by atoms with E-state index in [-0.39, 0.29) is 0 Å². The first-order chi connectivity index (χ1) is 12.8. The summed E-state index contributed by atoms with van der Waals surface area (Å²) >= 11 is 1.88. The average Bonchev–Trinajstić information content (AvgIpc) is 3.33. The molecule has 0 bridgehead atoms. The van der Waals surface area contributed by atoms with Crippen molar-refractivity contribution in [2.75, 3.05) is 44.2 Å². The Morgan fingerprint density at radius 3 is 2.92 bits per heavy atom. The number of aromatic nitrogens is 1. The molecule has 0 spiro atoms. The molecule has 1 fully saturated rings. The molecule has 5 nitrogen and oxygen atoms in total. The maximum absolute atomic E-state index is 5.75. The monoisotopic (exact) mass is 370 g/mol. The number of benzene rings is 1. The second-order valence-electron chi connectivity index (χ2n) is 7.46. The summed E-state index contributed by atoms with van der Waals surface area (Å²) in [4.78, 5) is 11.4. The lowest BCUT2D eigenvalue weighted by Crippen LogP contribution is -2.47. The molecule has 5 rings (SSSR count). The van der Waals surface area contributed by atoms with E-state index < -0.39 is 0 Å². The van der Waals surface area contributed by atoms with Crippen LogP contribution >= 0.6 is 11.3 Å². The van der Waals surface area contributed by atoms with Crippen molar-refractivity contribution in [2.45, 2.75) is 32.4 Å². The molecule has 6 heteroatoms. The number of rotatable bonds is 3. The number of fused-ring (bicyclic) bond motifs is 2. The van der Waals surface area contributed by atoms with E-state index in [4.69, 9.17) is 9.72 Å². The van der Waals surface area contributed by atoms with E-state index in [0.717, 1.165) is 64.5 Å². The first kappa shape index (κ1) is 16.5. The predicted octanol–water partition coefficient (Wildman–Crippen LogP) is 2.61. The van der Waals surface area contributed by atoms with E-state index in [1.54, 1.807) is 0 Å². The summed E-state index contributed by atoms with van der Waals surface area (Å²) in [5, 5.41) is 4.67. The normalized spacial score (nSPS) is 21.2. The van der Waals surface area contributed by atoms with Crippen molar-refractivity contribution in [1.29, 1.82) is 0 Å². The Balaban J connectivity index is 1.24. The Morgan fingerprint density at radius 2 is 2.08 bits per heavy atom. The van der Waals surface area contributed by atoms with Crippen LogP contribution in [-0.4, -0.2) is 49.2 Å². The number of piperazine rings is 1. The SMILES string of the molecule is C[C@H](c1ccc2c(c1)OCC2)N1CCN(c2nc3c(s2)CNCC3)CC1. The fourth-order valence-corrected chi connectivity index (χ4v) is 5.33. The highest BCUT2D eigenvalue weighted by Crippen LogP contribution is 2.32. The van der Waals surface area contributed by atoms with Gasteiger partial charge in [-0.1, -0.05) is 12.1 Å². The van der Waals surface area contributed by atoms with Crippen LogP contribution in [0.5, 0.6) is 5.75 Å². The third kappa shape index (κ3) is 3.00. The summed E-state index contributed by atoms with van der Waals surface area (Å²) in [6.45, 7) is 9.50. The van der Waals surface area contributed by atoms with Gasteiger partial charge in [-0.15, -0.1) is 11.3 Å². The third-order valence-electron chi connectivity index (χ3n) is 5.93. The summed E-state index contributed by atoms with van der Waals surface area (Å²) < 4.78 is 5.75. The first-order valence-corrected chi connectivity index (χ1v) is 10.5. The minimum Gasteiger partial charge on any atom is -0.493 e. The molecule has 0 aliphatic carbocycles. The smallest absolute Gasteiger partial charge is 0.185 e.